The topological polar surface area (TPSA) is 53.6 Å². The molecule has 0 aromatic heterocycles. The van der Waals surface area contributed by atoms with Crippen LogP contribution in [0.4, 0.5) is 0 Å². The Labute approximate surface area is 128 Å². The van der Waals surface area contributed by atoms with E-state index in [1.807, 2.05) is 0 Å². The molecule has 3 atom stereocenters. The first-order valence-electron chi connectivity index (χ1n) is 8.52. The molecule has 2 aliphatic rings. The number of nitrogens with one attached hydrogen (secondary N) is 2. The van der Waals surface area contributed by atoms with E-state index in [1.54, 1.807) is 0 Å². The monoisotopic (exact) mass is 297 g/mol. The highest BCUT2D eigenvalue weighted by Crippen LogP contribution is 2.14. The third-order valence-corrected chi connectivity index (χ3v) is 4.47. The fourth-order valence-electron chi connectivity index (χ4n) is 3.22. The van der Waals surface area contributed by atoms with E-state index in [-0.39, 0.29) is 17.9 Å². The van der Waals surface area contributed by atoms with Crippen molar-refractivity contribution in [1.29, 1.82) is 0 Å². The predicted octanol–water partition coefficient (Wildman–Crippen LogP) is 0.849. The van der Waals surface area contributed by atoms with Gasteiger partial charge in [-0.05, 0) is 44.8 Å². The van der Waals surface area contributed by atoms with Gasteiger partial charge in [-0.3, -0.25) is 4.79 Å². The normalized spacial score (nSPS) is 27.9. The van der Waals surface area contributed by atoms with E-state index >= 15 is 0 Å². The molecular formula is C16H31N3O2. The third kappa shape index (κ3) is 5.24. The summed E-state index contributed by atoms with van der Waals surface area (Å²) in [5.74, 6) is 0.626. The van der Waals surface area contributed by atoms with Crippen LogP contribution in [0.3, 0.4) is 0 Å². The summed E-state index contributed by atoms with van der Waals surface area (Å²) in [4.78, 5) is 14.8. The van der Waals surface area contributed by atoms with Crippen LogP contribution >= 0.6 is 0 Å². The highest BCUT2D eigenvalue weighted by atomic mass is 16.5. The second kappa shape index (κ2) is 8.71. The van der Waals surface area contributed by atoms with E-state index in [1.165, 1.54) is 25.9 Å². The van der Waals surface area contributed by atoms with Crippen molar-refractivity contribution in [3.63, 3.8) is 0 Å². The number of likely N-dealkylation sites (tertiary alicyclic amines) is 1. The van der Waals surface area contributed by atoms with Crippen molar-refractivity contribution < 1.29 is 9.53 Å². The van der Waals surface area contributed by atoms with Crippen LogP contribution in [0.25, 0.3) is 0 Å². The fraction of sp³-hybridized carbons (Fsp3) is 0.938. The summed E-state index contributed by atoms with van der Waals surface area (Å²) < 4.78 is 5.47. The highest BCUT2D eigenvalue weighted by molar-refractivity contribution is 5.79. The number of ether oxygens (including phenoxy) is 1. The Balaban J connectivity index is 1.67. The Bertz CT molecular complexity index is 319. The SMILES string of the molecule is CCCNC1COCC1C(=O)NCC(C)CN1CCCC1. The van der Waals surface area contributed by atoms with Crippen LogP contribution in [0.5, 0.6) is 0 Å². The van der Waals surface area contributed by atoms with Crippen LogP contribution < -0.4 is 10.6 Å². The van der Waals surface area contributed by atoms with Crippen molar-refractivity contribution in [3.05, 3.63) is 0 Å². The minimum atomic E-state index is -0.0319. The van der Waals surface area contributed by atoms with Gasteiger partial charge in [-0.15, -0.1) is 0 Å². The van der Waals surface area contributed by atoms with Crippen LogP contribution in [0, 0.1) is 11.8 Å². The maximum atomic E-state index is 12.3. The van der Waals surface area contributed by atoms with E-state index in [0.717, 1.165) is 26.1 Å². The maximum Gasteiger partial charge on any atom is 0.227 e. The first-order valence-corrected chi connectivity index (χ1v) is 8.52. The number of hydrogen-bond donors (Lipinski definition) is 2. The molecule has 0 aromatic rings. The molecule has 2 N–H and O–H groups in total. The Morgan fingerprint density at radius 1 is 1.33 bits per heavy atom. The van der Waals surface area contributed by atoms with Crippen molar-refractivity contribution in [2.45, 2.75) is 39.2 Å². The zero-order valence-electron chi connectivity index (χ0n) is 13.6. The van der Waals surface area contributed by atoms with E-state index in [2.05, 4.69) is 29.4 Å². The van der Waals surface area contributed by atoms with Gasteiger partial charge < -0.3 is 20.3 Å². The van der Waals surface area contributed by atoms with Crippen LogP contribution in [-0.4, -0.2) is 62.8 Å². The van der Waals surface area contributed by atoms with E-state index in [4.69, 9.17) is 4.74 Å². The van der Waals surface area contributed by atoms with Gasteiger partial charge >= 0.3 is 0 Å². The average Bonchev–Trinajstić information content (AvgIpc) is 3.13. The van der Waals surface area contributed by atoms with Gasteiger partial charge in [0.2, 0.25) is 5.91 Å². The summed E-state index contributed by atoms with van der Waals surface area (Å²) in [5.41, 5.74) is 0. The first kappa shape index (κ1) is 16.7. The van der Waals surface area contributed by atoms with Gasteiger partial charge in [-0.25, -0.2) is 0 Å². The van der Waals surface area contributed by atoms with E-state index < -0.39 is 0 Å². The second-order valence-corrected chi connectivity index (χ2v) is 6.56. The van der Waals surface area contributed by atoms with Crippen molar-refractivity contribution in [3.8, 4) is 0 Å². The molecule has 122 valence electrons. The Morgan fingerprint density at radius 3 is 2.81 bits per heavy atom. The summed E-state index contributed by atoms with van der Waals surface area (Å²) >= 11 is 0. The Kier molecular flexibility index (Phi) is 6.93. The lowest BCUT2D eigenvalue weighted by atomic mass is 10.0. The third-order valence-electron chi connectivity index (χ3n) is 4.47. The smallest absolute Gasteiger partial charge is 0.227 e. The maximum absolute atomic E-state index is 12.3. The Hall–Kier alpha value is -0.650. The summed E-state index contributed by atoms with van der Waals surface area (Å²) in [6.45, 7) is 10.8. The van der Waals surface area contributed by atoms with Gasteiger partial charge in [0.15, 0.2) is 0 Å². The first-order chi connectivity index (χ1) is 10.2. The van der Waals surface area contributed by atoms with Gasteiger partial charge in [0.05, 0.1) is 19.1 Å². The molecule has 5 heteroatoms. The standard InChI is InChI=1S/C16H31N3O2/c1-3-6-17-15-12-21-11-14(15)16(20)18-9-13(2)10-19-7-4-5-8-19/h13-15,17H,3-12H2,1-2H3,(H,18,20). The molecule has 2 saturated heterocycles. The minimum absolute atomic E-state index is 0.0319. The number of nitrogens with zero attached hydrogens (tertiary/aromatic N) is 1. The fourth-order valence-corrected chi connectivity index (χ4v) is 3.22. The quantitative estimate of drug-likeness (QED) is 0.697. The van der Waals surface area contributed by atoms with Crippen LogP contribution in [0.1, 0.15) is 33.1 Å². The van der Waals surface area contributed by atoms with E-state index in [0.29, 0.717) is 19.1 Å². The molecular weight excluding hydrogens is 266 g/mol. The molecule has 0 bridgehead atoms. The molecule has 5 nitrogen and oxygen atoms in total. The van der Waals surface area contributed by atoms with Gasteiger partial charge in [-0.2, -0.15) is 0 Å². The molecule has 2 rings (SSSR count). The lowest BCUT2D eigenvalue weighted by molar-refractivity contribution is -0.125. The van der Waals surface area contributed by atoms with Crippen LogP contribution in [-0.2, 0) is 9.53 Å². The number of hydrogen-bond acceptors (Lipinski definition) is 4. The van der Waals surface area contributed by atoms with Crippen molar-refractivity contribution >= 4 is 5.91 Å². The predicted molar refractivity (Wildman–Crippen MR) is 84.2 cm³/mol. The summed E-state index contributed by atoms with van der Waals surface area (Å²) in [5, 5.41) is 6.53. The molecule has 21 heavy (non-hydrogen) atoms. The lowest BCUT2D eigenvalue weighted by Crippen LogP contribution is -2.45. The van der Waals surface area contributed by atoms with Crippen molar-refractivity contribution in [2.24, 2.45) is 11.8 Å². The average molecular weight is 297 g/mol. The van der Waals surface area contributed by atoms with E-state index in [9.17, 15) is 4.79 Å². The summed E-state index contributed by atoms with van der Waals surface area (Å²) in [6.07, 6.45) is 3.73. The summed E-state index contributed by atoms with van der Waals surface area (Å²) in [6, 6.07) is 0.179. The number of rotatable bonds is 8. The number of carbonyl (C=O) groups excluding carboxylic acids is 1. The highest BCUT2D eigenvalue weighted by Gasteiger charge is 2.33. The van der Waals surface area contributed by atoms with Gasteiger partial charge in [0.25, 0.3) is 0 Å². The van der Waals surface area contributed by atoms with Gasteiger partial charge in [0, 0.05) is 19.1 Å². The lowest BCUT2D eigenvalue weighted by Gasteiger charge is -2.22. The molecule has 2 heterocycles. The van der Waals surface area contributed by atoms with Gasteiger partial charge in [0.1, 0.15) is 0 Å². The molecule has 0 spiro atoms. The van der Waals surface area contributed by atoms with Gasteiger partial charge in [-0.1, -0.05) is 13.8 Å². The molecule has 0 saturated carbocycles. The largest absolute Gasteiger partial charge is 0.379 e. The van der Waals surface area contributed by atoms with Crippen LogP contribution in [0.15, 0.2) is 0 Å². The second-order valence-electron chi connectivity index (χ2n) is 6.56. The number of amides is 1. The van der Waals surface area contributed by atoms with Crippen molar-refractivity contribution in [1.82, 2.24) is 15.5 Å². The number of carbonyl (C=O) groups is 1. The minimum Gasteiger partial charge on any atom is -0.379 e. The zero-order valence-corrected chi connectivity index (χ0v) is 13.6. The van der Waals surface area contributed by atoms with Crippen molar-refractivity contribution in [2.75, 3.05) is 45.9 Å². The Morgan fingerprint density at radius 2 is 2.10 bits per heavy atom. The molecule has 2 fully saturated rings. The molecule has 2 aliphatic heterocycles. The molecule has 3 unspecified atom stereocenters. The molecule has 0 aromatic carbocycles. The zero-order chi connectivity index (χ0) is 15.1. The summed E-state index contributed by atoms with van der Waals surface area (Å²) in [7, 11) is 0. The molecule has 0 radical (unpaired) electrons. The molecule has 1 amide bonds. The molecule has 0 aliphatic carbocycles. The van der Waals surface area contributed by atoms with Crippen LogP contribution in [0.2, 0.25) is 0 Å².